The van der Waals surface area contributed by atoms with E-state index in [2.05, 4.69) is 5.32 Å². The van der Waals surface area contributed by atoms with Crippen LogP contribution in [0, 0.1) is 0 Å². The summed E-state index contributed by atoms with van der Waals surface area (Å²) in [5, 5.41) is 3.23. The van der Waals surface area contributed by atoms with E-state index in [-0.39, 0.29) is 24.9 Å². The third-order valence-electron chi connectivity index (χ3n) is 4.57. The average molecular weight is 455 g/mol. The van der Waals surface area contributed by atoms with E-state index in [1.54, 1.807) is 19.2 Å². The zero-order valence-corrected chi connectivity index (χ0v) is 19.1. The summed E-state index contributed by atoms with van der Waals surface area (Å²) >= 11 is 6.13. The average Bonchev–Trinajstić information content (AvgIpc) is 2.70. The van der Waals surface area contributed by atoms with Crippen molar-refractivity contribution in [1.29, 1.82) is 0 Å². The molecular weight excluding hydrogens is 428 g/mol. The standard InChI is InChI=1S/C21H27ClN2O5S/c1-15(17-8-5-6-9-19(17)28-2)23-21(25)10-7-13-24(30(4,26)27)16-11-12-20(29-3)18(22)14-16/h5-6,8-9,11-12,14-15H,7,10,13H2,1-4H3,(H,23,25)/t15-/m0/s1. The summed E-state index contributed by atoms with van der Waals surface area (Å²) in [7, 11) is -0.474. The monoisotopic (exact) mass is 454 g/mol. The molecule has 0 bridgehead atoms. The van der Waals surface area contributed by atoms with E-state index >= 15 is 0 Å². The van der Waals surface area contributed by atoms with E-state index in [9.17, 15) is 13.2 Å². The Labute approximate surface area is 183 Å². The van der Waals surface area contributed by atoms with Crippen molar-refractivity contribution in [2.75, 3.05) is 31.3 Å². The molecule has 0 aliphatic heterocycles. The maximum atomic E-state index is 12.4. The Morgan fingerprint density at radius 2 is 1.80 bits per heavy atom. The summed E-state index contributed by atoms with van der Waals surface area (Å²) in [6.07, 6.45) is 1.64. The van der Waals surface area contributed by atoms with Crippen LogP contribution < -0.4 is 19.1 Å². The molecule has 7 nitrogen and oxygen atoms in total. The number of ether oxygens (including phenoxy) is 2. The van der Waals surface area contributed by atoms with E-state index < -0.39 is 10.0 Å². The van der Waals surface area contributed by atoms with Crippen LogP contribution in [0.4, 0.5) is 5.69 Å². The number of carbonyl (C=O) groups excluding carboxylic acids is 1. The highest BCUT2D eigenvalue weighted by atomic mass is 35.5. The molecule has 0 aliphatic carbocycles. The minimum atomic E-state index is -3.54. The first-order chi connectivity index (χ1) is 14.2. The largest absolute Gasteiger partial charge is 0.496 e. The molecule has 164 valence electrons. The molecule has 9 heteroatoms. The predicted molar refractivity (Wildman–Crippen MR) is 119 cm³/mol. The van der Waals surface area contributed by atoms with Crippen LogP contribution in [0.1, 0.15) is 31.4 Å². The van der Waals surface area contributed by atoms with E-state index in [1.165, 1.54) is 17.5 Å². The fourth-order valence-corrected chi connectivity index (χ4v) is 4.30. The van der Waals surface area contributed by atoms with Crippen molar-refractivity contribution in [3.05, 3.63) is 53.1 Å². The first-order valence-corrected chi connectivity index (χ1v) is 11.6. The Bertz CT molecular complexity index is 981. The number of rotatable bonds is 10. The topological polar surface area (TPSA) is 84.9 Å². The van der Waals surface area contributed by atoms with Crippen LogP contribution in [0.25, 0.3) is 0 Å². The number of anilines is 1. The lowest BCUT2D eigenvalue weighted by atomic mass is 10.1. The van der Waals surface area contributed by atoms with E-state index in [1.807, 2.05) is 31.2 Å². The molecule has 0 heterocycles. The van der Waals surface area contributed by atoms with Crippen LogP contribution in [0.3, 0.4) is 0 Å². The second-order valence-electron chi connectivity index (χ2n) is 6.79. The molecule has 0 aromatic heterocycles. The molecule has 0 saturated carbocycles. The van der Waals surface area contributed by atoms with Crippen LogP contribution in [0.2, 0.25) is 5.02 Å². The fraction of sp³-hybridized carbons (Fsp3) is 0.381. The van der Waals surface area contributed by atoms with Gasteiger partial charge in [-0.05, 0) is 37.6 Å². The molecule has 1 amide bonds. The normalized spacial score (nSPS) is 12.2. The number of halogens is 1. The number of nitrogens with one attached hydrogen (secondary N) is 1. The second kappa shape index (κ2) is 10.5. The van der Waals surface area contributed by atoms with Gasteiger partial charge in [-0.3, -0.25) is 9.10 Å². The lowest BCUT2D eigenvalue weighted by molar-refractivity contribution is -0.121. The third kappa shape index (κ3) is 6.27. The van der Waals surface area contributed by atoms with Crippen molar-refractivity contribution >= 4 is 33.2 Å². The smallest absolute Gasteiger partial charge is 0.232 e. The number of amides is 1. The van der Waals surface area contributed by atoms with Crippen LogP contribution in [-0.4, -0.2) is 41.3 Å². The molecule has 0 aliphatic rings. The maximum Gasteiger partial charge on any atom is 0.232 e. The van der Waals surface area contributed by atoms with Crippen molar-refractivity contribution in [3.63, 3.8) is 0 Å². The molecule has 2 rings (SSSR count). The Morgan fingerprint density at radius 1 is 1.13 bits per heavy atom. The summed E-state index contributed by atoms with van der Waals surface area (Å²) in [5.41, 5.74) is 1.30. The van der Waals surface area contributed by atoms with Crippen molar-refractivity contribution < 1.29 is 22.7 Å². The summed E-state index contributed by atoms with van der Waals surface area (Å²) in [4.78, 5) is 12.4. The van der Waals surface area contributed by atoms with Gasteiger partial charge in [-0.25, -0.2) is 8.42 Å². The molecule has 1 N–H and O–H groups in total. The molecule has 2 aromatic carbocycles. The van der Waals surface area contributed by atoms with Gasteiger partial charge in [0.05, 0.1) is 37.2 Å². The number of hydrogen-bond donors (Lipinski definition) is 1. The SMILES string of the molecule is COc1ccc(N(CCCC(=O)N[C@@H](C)c2ccccc2OC)S(C)(=O)=O)cc1Cl. The predicted octanol–water partition coefficient (Wildman–Crippen LogP) is 3.78. The zero-order valence-electron chi connectivity index (χ0n) is 17.5. The number of para-hydroxylation sites is 1. The zero-order chi connectivity index (χ0) is 22.3. The number of nitrogens with zero attached hydrogens (tertiary/aromatic N) is 1. The molecule has 0 unspecified atom stereocenters. The molecular formula is C21H27ClN2O5S. The van der Waals surface area contributed by atoms with Crippen molar-refractivity contribution in [2.45, 2.75) is 25.8 Å². The van der Waals surface area contributed by atoms with Gasteiger partial charge in [0.15, 0.2) is 0 Å². The van der Waals surface area contributed by atoms with Gasteiger partial charge < -0.3 is 14.8 Å². The van der Waals surface area contributed by atoms with Gasteiger partial charge in [0.25, 0.3) is 0 Å². The van der Waals surface area contributed by atoms with Gasteiger partial charge >= 0.3 is 0 Å². The molecule has 0 fully saturated rings. The summed E-state index contributed by atoms with van der Waals surface area (Å²) in [5.74, 6) is 0.984. The minimum absolute atomic E-state index is 0.151. The van der Waals surface area contributed by atoms with Crippen LogP contribution >= 0.6 is 11.6 Å². The van der Waals surface area contributed by atoms with Crippen molar-refractivity contribution in [2.24, 2.45) is 0 Å². The number of sulfonamides is 1. The molecule has 2 aromatic rings. The fourth-order valence-electron chi connectivity index (χ4n) is 3.10. The van der Waals surface area contributed by atoms with E-state index in [0.717, 1.165) is 11.8 Å². The highest BCUT2D eigenvalue weighted by Crippen LogP contribution is 2.30. The van der Waals surface area contributed by atoms with E-state index in [0.29, 0.717) is 28.6 Å². The second-order valence-corrected chi connectivity index (χ2v) is 9.10. The lowest BCUT2D eigenvalue weighted by Gasteiger charge is -2.23. The van der Waals surface area contributed by atoms with Gasteiger partial charge in [0.2, 0.25) is 15.9 Å². The minimum Gasteiger partial charge on any atom is -0.496 e. The molecule has 0 spiro atoms. The molecule has 1 atom stereocenters. The van der Waals surface area contributed by atoms with Gasteiger partial charge in [-0.1, -0.05) is 29.8 Å². The number of hydrogen-bond acceptors (Lipinski definition) is 5. The summed E-state index contributed by atoms with van der Waals surface area (Å²) in [6.45, 7) is 2.02. The maximum absolute atomic E-state index is 12.4. The number of carbonyl (C=O) groups is 1. The summed E-state index contributed by atoms with van der Waals surface area (Å²) < 4.78 is 36.2. The first-order valence-electron chi connectivity index (χ1n) is 9.41. The van der Waals surface area contributed by atoms with Gasteiger partial charge in [0.1, 0.15) is 11.5 Å². The third-order valence-corrected chi connectivity index (χ3v) is 6.06. The van der Waals surface area contributed by atoms with E-state index in [4.69, 9.17) is 21.1 Å². The Morgan fingerprint density at radius 3 is 2.40 bits per heavy atom. The Balaban J connectivity index is 2.00. The molecule has 0 radical (unpaired) electrons. The Hall–Kier alpha value is -2.45. The Kier molecular flexibility index (Phi) is 8.37. The quantitative estimate of drug-likeness (QED) is 0.590. The number of benzene rings is 2. The first kappa shape index (κ1) is 23.8. The van der Waals surface area contributed by atoms with Crippen molar-refractivity contribution in [3.8, 4) is 11.5 Å². The van der Waals surface area contributed by atoms with Crippen LogP contribution in [0.15, 0.2) is 42.5 Å². The van der Waals surface area contributed by atoms with Gasteiger partial charge in [-0.2, -0.15) is 0 Å². The summed E-state index contributed by atoms with van der Waals surface area (Å²) in [6, 6.07) is 12.0. The van der Waals surface area contributed by atoms with Gasteiger partial charge in [0, 0.05) is 18.5 Å². The molecule has 30 heavy (non-hydrogen) atoms. The lowest BCUT2D eigenvalue weighted by Crippen LogP contribution is -2.32. The highest BCUT2D eigenvalue weighted by molar-refractivity contribution is 7.92. The van der Waals surface area contributed by atoms with Crippen LogP contribution in [0.5, 0.6) is 11.5 Å². The van der Waals surface area contributed by atoms with Gasteiger partial charge in [-0.15, -0.1) is 0 Å². The molecule has 0 saturated heterocycles. The number of methoxy groups -OCH3 is 2. The van der Waals surface area contributed by atoms with Crippen molar-refractivity contribution in [1.82, 2.24) is 5.32 Å². The van der Waals surface area contributed by atoms with Crippen LogP contribution in [-0.2, 0) is 14.8 Å². The highest BCUT2D eigenvalue weighted by Gasteiger charge is 2.19.